The van der Waals surface area contributed by atoms with E-state index < -0.39 is 5.82 Å². The topological polar surface area (TPSA) is 70.5 Å². The average Bonchev–Trinajstić information content (AvgIpc) is 2.65. The van der Waals surface area contributed by atoms with E-state index in [-0.39, 0.29) is 11.6 Å². The van der Waals surface area contributed by atoms with E-state index in [1.807, 2.05) is 0 Å². The molecule has 18 heavy (non-hydrogen) atoms. The summed E-state index contributed by atoms with van der Waals surface area (Å²) in [4.78, 5) is 0. The molecular weight excluding hydrogens is 239 g/mol. The van der Waals surface area contributed by atoms with Crippen LogP contribution in [0.4, 0.5) is 10.3 Å². The summed E-state index contributed by atoms with van der Waals surface area (Å²) < 4.78 is 29.4. The lowest BCUT2D eigenvalue weighted by Gasteiger charge is -2.12. The highest BCUT2D eigenvalue weighted by Gasteiger charge is 2.22. The molecule has 2 N–H and O–H groups in total. The van der Waals surface area contributed by atoms with Crippen LogP contribution in [0.25, 0.3) is 11.1 Å². The zero-order chi connectivity index (χ0) is 12.5. The molecule has 6 heteroatoms. The predicted octanol–water partition coefficient (Wildman–Crippen LogP) is 2.22. The fourth-order valence-electron chi connectivity index (χ4n) is 1.89. The van der Waals surface area contributed by atoms with Crippen molar-refractivity contribution in [1.29, 1.82) is 0 Å². The molecular formula is C12H11FN2O3. The number of anilines is 1. The molecule has 1 aliphatic heterocycles. The van der Waals surface area contributed by atoms with Crippen molar-refractivity contribution in [3.8, 4) is 22.6 Å². The Morgan fingerprint density at radius 1 is 1.11 bits per heavy atom. The summed E-state index contributed by atoms with van der Waals surface area (Å²) in [5, 5.41) is 3.60. The van der Waals surface area contributed by atoms with Crippen LogP contribution in [-0.4, -0.2) is 18.4 Å². The van der Waals surface area contributed by atoms with Crippen LogP contribution in [0.3, 0.4) is 0 Å². The molecule has 0 bridgehead atoms. The predicted molar refractivity (Wildman–Crippen MR) is 61.9 cm³/mol. The van der Waals surface area contributed by atoms with E-state index in [1.165, 1.54) is 12.3 Å². The van der Waals surface area contributed by atoms with Gasteiger partial charge in [0.1, 0.15) is 0 Å². The van der Waals surface area contributed by atoms with Crippen LogP contribution >= 0.6 is 0 Å². The molecule has 94 valence electrons. The molecule has 0 aliphatic carbocycles. The van der Waals surface area contributed by atoms with Crippen molar-refractivity contribution in [3.05, 3.63) is 24.1 Å². The maximum Gasteiger partial charge on any atom is 0.230 e. The van der Waals surface area contributed by atoms with Gasteiger partial charge in [0.15, 0.2) is 17.3 Å². The molecule has 0 saturated heterocycles. The first-order chi connectivity index (χ1) is 8.77. The Kier molecular flexibility index (Phi) is 2.55. The number of rotatable bonds is 1. The summed E-state index contributed by atoms with van der Waals surface area (Å²) in [5.74, 6) is 0.176. The number of fused-ring (bicyclic) bond motifs is 1. The van der Waals surface area contributed by atoms with E-state index in [1.54, 1.807) is 6.07 Å². The number of halogens is 1. The Balaban J connectivity index is 2.19. The van der Waals surface area contributed by atoms with Gasteiger partial charge in [0, 0.05) is 12.0 Å². The van der Waals surface area contributed by atoms with E-state index in [0.29, 0.717) is 36.5 Å². The summed E-state index contributed by atoms with van der Waals surface area (Å²) in [5.41, 5.74) is 6.85. The number of nitrogen functional groups attached to an aromatic ring is 1. The lowest BCUT2D eigenvalue weighted by molar-refractivity contribution is 0.292. The number of hydrogen-bond acceptors (Lipinski definition) is 5. The molecule has 1 aromatic heterocycles. The second-order valence-electron chi connectivity index (χ2n) is 3.91. The number of benzene rings is 1. The highest BCUT2D eigenvalue weighted by molar-refractivity contribution is 5.79. The van der Waals surface area contributed by atoms with Crippen LogP contribution in [0.15, 0.2) is 22.9 Å². The minimum atomic E-state index is -0.453. The molecule has 1 aromatic carbocycles. The molecule has 1 aliphatic rings. The molecule has 0 saturated carbocycles. The van der Waals surface area contributed by atoms with Crippen LogP contribution in [0.5, 0.6) is 11.5 Å². The minimum absolute atomic E-state index is 0.116. The Morgan fingerprint density at radius 2 is 1.89 bits per heavy atom. The molecule has 0 amide bonds. The van der Waals surface area contributed by atoms with Gasteiger partial charge in [-0.3, -0.25) is 0 Å². The molecule has 5 nitrogen and oxygen atoms in total. The van der Waals surface area contributed by atoms with Gasteiger partial charge in [-0.1, -0.05) is 5.16 Å². The van der Waals surface area contributed by atoms with Crippen molar-refractivity contribution in [2.75, 3.05) is 18.9 Å². The maximum absolute atomic E-state index is 13.7. The van der Waals surface area contributed by atoms with Crippen molar-refractivity contribution in [2.24, 2.45) is 0 Å². The summed E-state index contributed by atoms with van der Waals surface area (Å²) >= 11 is 0. The van der Waals surface area contributed by atoms with E-state index in [9.17, 15) is 4.39 Å². The van der Waals surface area contributed by atoms with Gasteiger partial charge in [0.25, 0.3) is 0 Å². The molecule has 0 spiro atoms. The summed E-state index contributed by atoms with van der Waals surface area (Å²) in [6, 6.07) is 2.89. The van der Waals surface area contributed by atoms with Crippen LogP contribution in [0.2, 0.25) is 0 Å². The third-order valence-corrected chi connectivity index (χ3v) is 2.73. The quantitative estimate of drug-likeness (QED) is 0.840. The molecule has 0 radical (unpaired) electrons. The van der Waals surface area contributed by atoms with Crippen molar-refractivity contribution in [3.63, 3.8) is 0 Å². The van der Waals surface area contributed by atoms with E-state index >= 15 is 0 Å². The molecule has 3 rings (SSSR count). The van der Waals surface area contributed by atoms with Gasteiger partial charge in [-0.25, -0.2) is 4.39 Å². The standard InChI is InChI=1S/C12H11FN2O3/c13-9-3-2-7(8-6-15-18-12(8)14)10-11(9)17-5-1-4-16-10/h2-3,6H,1,4-5,14H2. The van der Waals surface area contributed by atoms with E-state index in [2.05, 4.69) is 5.16 Å². The lowest BCUT2D eigenvalue weighted by atomic mass is 10.1. The highest BCUT2D eigenvalue weighted by atomic mass is 19.1. The second-order valence-corrected chi connectivity index (χ2v) is 3.91. The largest absolute Gasteiger partial charge is 0.489 e. The van der Waals surface area contributed by atoms with Crippen molar-refractivity contribution < 1.29 is 18.4 Å². The van der Waals surface area contributed by atoms with Gasteiger partial charge in [-0.05, 0) is 12.1 Å². The van der Waals surface area contributed by atoms with Gasteiger partial charge >= 0.3 is 0 Å². The second kappa shape index (κ2) is 4.21. The van der Waals surface area contributed by atoms with Gasteiger partial charge in [-0.15, -0.1) is 0 Å². The van der Waals surface area contributed by atoms with Crippen LogP contribution in [-0.2, 0) is 0 Å². The Labute approximate surface area is 102 Å². The number of ether oxygens (including phenoxy) is 2. The highest BCUT2D eigenvalue weighted by Crippen LogP contribution is 2.42. The van der Waals surface area contributed by atoms with Crippen LogP contribution < -0.4 is 15.2 Å². The summed E-state index contributed by atoms with van der Waals surface area (Å²) in [6.45, 7) is 0.890. The van der Waals surface area contributed by atoms with Gasteiger partial charge in [0.2, 0.25) is 5.88 Å². The Morgan fingerprint density at radius 3 is 2.61 bits per heavy atom. The average molecular weight is 250 g/mol. The third kappa shape index (κ3) is 1.66. The Bertz CT molecular complexity index is 583. The third-order valence-electron chi connectivity index (χ3n) is 2.73. The minimum Gasteiger partial charge on any atom is -0.489 e. The molecule has 0 unspecified atom stereocenters. The SMILES string of the molecule is Nc1oncc1-c1ccc(F)c2c1OCCCO2. The monoisotopic (exact) mass is 250 g/mol. The van der Waals surface area contributed by atoms with E-state index in [0.717, 1.165) is 0 Å². The molecule has 0 fully saturated rings. The van der Waals surface area contributed by atoms with E-state index in [4.69, 9.17) is 19.7 Å². The van der Waals surface area contributed by atoms with Gasteiger partial charge in [-0.2, -0.15) is 0 Å². The molecule has 2 heterocycles. The number of hydrogen-bond donors (Lipinski definition) is 1. The smallest absolute Gasteiger partial charge is 0.230 e. The number of nitrogens with zero attached hydrogens (tertiary/aromatic N) is 1. The van der Waals surface area contributed by atoms with Gasteiger partial charge < -0.3 is 19.7 Å². The zero-order valence-corrected chi connectivity index (χ0v) is 9.48. The number of aromatic nitrogens is 1. The fraction of sp³-hybridized carbons (Fsp3) is 0.250. The molecule has 0 atom stereocenters. The van der Waals surface area contributed by atoms with Crippen LogP contribution in [0, 0.1) is 5.82 Å². The summed E-state index contributed by atoms with van der Waals surface area (Å²) in [7, 11) is 0. The zero-order valence-electron chi connectivity index (χ0n) is 9.48. The fourth-order valence-corrected chi connectivity index (χ4v) is 1.89. The molecule has 2 aromatic rings. The van der Waals surface area contributed by atoms with Crippen LogP contribution in [0.1, 0.15) is 6.42 Å². The first kappa shape index (κ1) is 10.9. The number of nitrogens with two attached hydrogens (primary N) is 1. The van der Waals surface area contributed by atoms with Crippen molar-refractivity contribution >= 4 is 5.88 Å². The van der Waals surface area contributed by atoms with Crippen molar-refractivity contribution in [1.82, 2.24) is 5.16 Å². The lowest BCUT2D eigenvalue weighted by Crippen LogP contribution is -1.98. The van der Waals surface area contributed by atoms with Gasteiger partial charge in [0.05, 0.1) is 25.0 Å². The first-order valence-electron chi connectivity index (χ1n) is 5.56. The Hall–Kier alpha value is -2.24. The maximum atomic E-state index is 13.7. The summed E-state index contributed by atoms with van der Waals surface area (Å²) in [6.07, 6.45) is 2.17. The van der Waals surface area contributed by atoms with Crippen molar-refractivity contribution in [2.45, 2.75) is 6.42 Å². The normalized spacial score (nSPS) is 14.3. The first-order valence-corrected chi connectivity index (χ1v) is 5.56.